The van der Waals surface area contributed by atoms with E-state index >= 15 is 0 Å². The maximum absolute atomic E-state index is 11.5. The Morgan fingerprint density at radius 2 is 2.04 bits per heavy atom. The summed E-state index contributed by atoms with van der Waals surface area (Å²) >= 11 is 12.1. The van der Waals surface area contributed by atoms with Crippen molar-refractivity contribution in [1.82, 2.24) is 15.2 Å². The van der Waals surface area contributed by atoms with Gasteiger partial charge < -0.3 is 15.2 Å². The van der Waals surface area contributed by atoms with E-state index in [0.29, 0.717) is 29.2 Å². The van der Waals surface area contributed by atoms with Gasteiger partial charge in [0, 0.05) is 37.5 Å². The maximum Gasteiger partial charge on any atom is 0.191 e. The summed E-state index contributed by atoms with van der Waals surface area (Å²) in [5.41, 5.74) is 0.751. The SMILES string of the molecule is CCNC(=NCc1cc(Cl)c(Cl)n1C)NCC1(CS(C)(=O)=O)CC1. The van der Waals surface area contributed by atoms with E-state index in [0.717, 1.165) is 25.1 Å². The van der Waals surface area contributed by atoms with Crippen LogP contribution >= 0.6 is 23.2 Å². The van der Waals surface area contributed by atoms with Crippen LogP contribution in [0.25, 0.3) is 0 Å². The monoisotopic (exact) mass is 394 g/mol. The highest BCUT2D eigenvalue weighted by molar-refractivity contribution is 7.90. The molecule has 0 unspecified atom stereocenters. The smallest absolute Gasteiger partial charge is 0.191 e. The molecule has 1 fully saturated rings. The molecule has 1 aliphatic carbocycles. The van der Waals surface area contributed by atoms with Crippen LogP contribution in [0.5, 0.6) is 0 Å². The third-order valence-electron chi connectivity index (χ3n) is 4.12. The Kier molecular flexibility index (Phi) is 6.09. The molecule has 0 radical (unpaired) electrons. The fourth-order valence-corrected chi connectivity index (χ4v) is 4.54. The topological polar surface area (TPSA) is 75.5 Å². The molecule has 1 aromatic heterocycles. The Morgan fingerprint density at radius 1 is 1.38 bits per heavy atom. The van der Waals surface area contributed by atoms with Crippen LogP contribution in [0.2, 0.25) is 10.2 Å². The van der Waals surface area contributed by atoms with Crippen LogP contribution < -0.4 is 10.6 Å². The minimum Gasteiger partial charge on any atom is -0.357 e. The van der Waals surface area contributed by atoms with Crippen LogP contribution in [-0.2, 0) is 23.4 Å². The zero-order valence-corrected chi connectivity index (χ0v) is 16.5. The second-order valence-corrected chi connectivity index (χ2v) is 9.36. The van der Waals surface area contributed by atoms with Gasteiger partial charge in [-0.2, -0.15) is 0 Å². The van der Waals surface area contributed by atoms with Gasteiger partial charge in [-0.15, -0.1) is 0 Å². The van der Waals surface area contributed by atoms with E-state index in [1.54, 1.807) is 10.6 Å². The van der Waals surface area contributed by atoms with Gasteiger partial charge in [0.1, 0.15) is 15.0 Å². The summed E-state index contributed by atoms with van der Waals surface area (Å²) in [5, 5.41) is 7.43. The van der Waals surface area contributed by atoms with Gasteiger partial charge >= 0.3 is 0 Å². The summed E-state index contributed by atoms with van der Waals surface area (Å²) in [5.74, 6) is 0.876. The number of hydrogen-bond acceptors (Lipinski definition) is 3. The number of halogens is 2. The lowest BCUT2D eigenvalue weighted by atomic mass is 10.1. The first kappa shape index (κ1) is 19.4. The van der Waals surface area contributed by atoms with Gasteiger partial charge in [-0.1, -0.05) is 23.2 Å². The molecular weight excluding hydrogens is 371 g/mol. The lowest BCUT2D eigenvalue weighted by Crippen LogP contribution is -2.41. The first-order valence-corrected chi connectivity index (χ1v) is 10.7. The van der Waals surface area contributed by atoms with E-state index in [1.165, 1.54) is 6.26 Å². The van der Waals surface area contributed by atoms with Gasteiger partial charge in [0.15, 0.2) is 5.96 Å². The largest absolute Gasteiger partial charge is 0.357 e. The molecule has 9 heteroatoms. The van der Waals surface area contributed by atoms with Crippen LogP contribution in [0.4, 0.5) is 0 Å². The molecule has 136 valence electrons. The molecule has 0 aromatic carbocycles. The highest BCUT2D eigenvalue weighted by atomic mass is 35.5. The number of rotatable bonds is 7. The van der Waals surface area contributed by atoms with Crippen LogP contribution in [0.15, 0.2) is 11.1 Å². The quantitative estimate of drug-likeness (QED) is 0.548. The Bertz CT molecular complexity index is 724. The van der Waals surface area contributed by atoms with Crippen molar-refractivity contribution < 1.29 is 8.42 Å². The summed E-state index contributed by atoms with van der Waals surface area (Å²) in [6.45, 7) is 3.73. The number of nitrogens with zero attached hydrogens (tertiary/aromatic N) is 2. The maximum atomic E-state index is 11.5. The standard InChI is InChI=1S/C15H24Cl2N4O2S/c1-4-18-14(19-8-11-7-12(16)13(17)21(11)2)20-9-15(5-6-15)10-24(3,22)23/h7H,4-6,8-10H2,1-3H3,(H2,18,19,20). The predicted molar refractivity (Wildman–Crippen MR) is 99.6 cm³/mol. The van der Waals surface area contributed by atoms with Gasteiger partial charge in [0.05, 0.1) is 17.3 Å². The van der Waals surface area contributed by atoms with E-state index < -0.39 is 9.84 Å². The zero-order chi connectivity index (χ0) is 18.0. The minimum absolute atomic E-state index is 0.151. The van der Waals surface area contributed by atoms with Gasteiger partial charge in [-0.05, 0) is 25.8 Å². The van der Waals surface area contributed by atoms with E-state index in [1.807, 2.05) is 14.0 Å². The molecule has 1 saturated carbocycles. The van der Waals surface area contributed by atoms with Crippen LogP contribution in [0, 0.1) is 5.41 Å². The van der Waals surface area contributed by atoms with Crippen LogP contribution in [-0.4, -0.2) is 44.0 Å². The molecule has 1 aliphatic rings. The molecule has 24 heavy (non-hydrogen) atoms. The second kappa shape index (κ2) is 7.54. The second-order valence-electron chi connectivity index (χ2n) is 6.45. The number of nitrogens with one attached hydrogen (secondary N) is 2. The first-order valence-electron chi connectivity index (χ1n) is 7.85. The predicted octanol–water partition coefficient (Wildman–Crippen LogP) is 2.21. The van der Waals surface area contributed by atoms with Crippen LogP contribution in [0.3, 0.4) is 0 Å². The van der Waals surface area contributed by atoms with Gasteiger partial charge in [-0.25, -0.2) is 13.4 Å². The fourth-order valence-electron chi connectivity index (χ4n) is 2.62. The van der Waals surface area contributed by atoms with Gasteiger partial charge in [0.25, 0.3) is 0 Å². The van der Waals surface area contributed by atoms with Crippen molar-refractivity contribution in [1.29, 1.82) is 0 Å². The van der Waals surface area contributed by atoms with E-state index in [2.05, 4.69) is 15.6 Å². The molecule has 0 saturated heterocycles. The highest BCUT2D eigenvalue weighted by Gasteiger charge is 2.45. The molecule has 6 nitrogen and oxygen atoms in total. The normalized spacial score (nSPS) is 17.0. The van der Waals surface area contributed by atoms with E-state index in [4.69, 9.17) is 23.2 Å². The average Bonchev–Trinajstić information content (AvgIpc) is 3.19. The van der Waals surface area contributed by atoms with Gasteiger partial charge in [0.2, 0.25) is 0 Å². The Labute approximate surface area is 153 Å². The molecule has 0 atom stereocenters. The number of aliphatic imine (C=N–C) groups is 1. The Hall–Kier alpha value is -0.920. The summed E-state index contributed by atoms with van der Waals surface area (Å²) in [6.07, 6.45) is 3.14. The molecule has 2 N–H and O–H groups in total. The van der Waals surface area contributed by atoms with Crippen LogP contribution in [0.1, 0.15) is 25.5 Å². The molecule has 0 amide bonds. The molecule has 0 spiro atoms. The van der Waals surface area contributed by atoms with Crippen molar-refractivity contribution in [3.05, 3.63) is 21.9 Å². The van der Waals surface area contributed by atoms with Crippen molar-refractivity contribution in [3.63, 3.8) is 0 Å². The van der Waals surface area contributed by atoms with Crippen molar-refractivity contribution in [3.8, 4) is 0 Å². The third-order valence-corrected chi connectivity index (χ3v) is 6.09. The lowest BCUT2D eigenvalue weighted by Gasteiger charge is -2.17. The first-order chi connectivity index (χ1) is 11.2. The number of aromatic nitrogens is 1. The van der Waals surface area contributed by atoms with Gasteiger partial charge in [-0.3, -0.25) is 0 Å². The molecule has 1 aromatic rings. The van der Waals surface area contributed by atoms with Crippen molar-refractivity contribution >= 4 is 39.0 Å². The van der Waals surface area contributed by atoms with E-state index in [9.17, 15) is 8.42 Å². The summed E-state index contributed by atoms with van der Waals surface area (Å²) in [6, 6.07) is 1.79. The molecule has 0 bridgehead atoms. The number of guanidine groups is 1. The lowest BCUT2D eigenvalue weighted by molar-refractivity contribution is 0.529. The third kappa shape index (κ3) is 5.29. The van der Waals surface area contributed by atoms with E-state index in [-0.39, 0.29) is 11.2 Å². The molecule has 1 heterocycles. The fraction of sp³-hybridized carbons (Fsp3) is 0.667. The molecule has 2 rings (SSSR count). The van der Waals surface area contributed by atoms with Crippen molar-refractivity contribution in [2.45, 2.75) is 26.3 Å². The molecular formula is C15H24Cl2N4O2S. The van der Waals surface area contributed by atoms with Crippen molar-refractivity contribution in [2.75, 3.05) is 25.1 Å². The number of sulfone groups is 1. The summed E-state index contributed by atoms with van der Waals surface area (Å²) in [7, 11) is -1.14. The average molecular weight is 395 g/mol. The van der Waals surface area contributed by atoms with Crippen molar-refractivity contribution in [2.24, 2.45) is 17.5 Å². The number of hydrogen-bond donors (Lipinski definition) is 2. The highest BCUT2D eigenvalue weighted by Crippen LogP contribution is 2.46. The summed E-state index contributed by atoms with van der Waals surface area (Å²) < 4.78 is 24.9. The minimum atomic E-state index is -2.98. The molecule has 0 aliphatic heterocycles. The summed E-state index contributed by atoms with van der Waals surface area (Å²) in [4.78, 5) is 4.53. The Morgan fingerprint density at radius 3 is 2.50 bits per heavy atom. The zero-order valence-electron chi connectivity index (χ0n) is 14.2. The Balaban J connectivity index is 2.00.